The molecular formula is C13H17N3OS2. The summed E-state index contributed by atoms with van der Waals surface area (Å²) in [6.07, 6.45) is 5.35. The van der Waals surface area contributed by atoms with Crippen molar-refractivity contribution in [3.63, 3.8) is 0 Å². The van der Waals surface area contributed by atoms with Crippen LogP contribution in [-0.4, -0.2) is 28.2 Å². The van der Waals surface area contributed by atoms with Crippen LogP contribution >= 0.6 is 23.1 Å². The molecule has 102 valence electrons. The lowest BCUT2D eigenvalue weighted by Crippen LogP contribution is -2.30. The molecule has 0 atom stereocenters. The maximum absolute atomic E-state index is 11.2. The number of aliphatic imine (C=N–C) groups is 1. The van der Waals surface area contributed by atoms with Crippen LogP contribution in [0.4, 0.5) is 5.13 Å². The number of hydrogen-bond acceptors (Lipinski definition) is 6. The van der Waals surface area contributed by atoms with Crippen molar-refractivity contribution in [1.29, 1.82) is 0 Å². The highest BCUT2D eigenvalue weighted by Gasteiger charge is 2.36. The molecule has 0 bridgehead atoms. The highest BCUT2D eigenvalue weighted by Crippen LogP contribution is 2.43. The largest absolute Gasteiger partial charge is 0.311 e. The summed E-state index contributed by atoms with van der Waals surface area (Å²) < 4.78 is 0. The Balaban J connectivity index is 1.64. The number of thioether (sulfide) groups is 1. The standard InChI is InChI=1S/C13H17N3OS2/c1-9(17)10-6-18-12(15-10)16-11-14-7-13(8-19-11)4-2-3-5-13/h6H,2-5,7-8H2,1H3,(H,14,15,16). The minimum Gasteiger partial charge on any atom is -0.311 e. The topological polar surface area (TPSA) is 54.4 Å². The van der Waals surface area contributed by atoms with Crippen molar-refractivity contribution < 1.29 is 4.79 Å². The third-order valence-corrected chi connectivity index (χ3v) is 5.84. The molecule has 1 aromatic rings. The highest BCUT2D eigenvalue weighted by molar-refractivity contribution is 8.14. The van der Waals surface area contributed by atoms with Crippen molar-refractivity contribution in [2.24, 2.45) is 10.4 Å². The van der Waals surface area contributed by atoms with Crippen molar-refractivity contribution in [3.8, 4) is 0 Å². The van der Waals surface area contributed by atoms with Gasteiger partial charge in [0, 0.05) is 24.6 Å². The van der Waals surface area contributed by atoms with Crippen molar-refractivity contribution in [2.75, 3.05) is 17.6 Å². The summed E-state index contributed by atoms with van der Waals surface area (Å²) in [7, 11) is 0. The predicted molar refractivity (Wildman–Crippen MR) is 81.4 cm³/mol. The first kappa shape index (κ1) is 13.1. The second-order valence-electron chi connectivity index (χ2n) is 5.34. The minimum atomic E-state index is 0.00689. The van der Waals surface area contributed by atoms with Crippen LogP contribution < -0.4 is 5.32 Å². The lowest BCUT2D eigenvalue weighted by atomic mass is 9.89. The zero-order chi connectivity index (χ0) is 13.3. The fourth-order valence-electron chi connectivity index (χ4n) is 2.64. The fraction of sp³-hybridized carbons (Fsp3) is 0.615. The van der Waals surface area contributed by atoms with Crippen LogP contribution in [0.2, 0.25) is 0 Å². The van der Waals surface area contributed by atoms with Gasteiger partial charge in [-0.1, -0.05) is 24.6 Å². The molecule has 0 amide bonds. The second-order valence-corrected chi connectivity index (χ2v) is 7.16. The molecule has 0 aromatic carbocycles. The maximum Gasteiger partial charge on any atom is 0.189 e. The predicted octanol–water partition coefficient (Wildman–Crippen LogP) is 3.42. The number of aromatic nitrogens is 1. The number of ketones is 1. The first-order valence-corrected chi connectivity index (χ1v) is 8.44. The van der Waals surface area contributed by atoms with E-state index in [2.05, 4.69) is 15.3 Å². The third kappa shape index (κ3) is 2.84. The lowest BCUT2D eigenvalue weighted by molar-refractivity contribution is 0.101. The molecule has 2 aliphatic rings. The van der Waals surface area contributed by atoms with Gasteiger partial charge >= 0.3 is 0 Å². The molecule has 1 spiro atoms. The van der Waals surface area contributed by atoms with Gasteiger partial charge in [0.05, 0.1) is 0 Å². The van der Waals surface area contributed by atoms with Crippen molar-refractivity contribution >= 4 is 39.2 Å². The van der Waals surface area contributed by atoms with E-state index in [-0.39, 0.29) is 5.78 Å². The van der Waals surface area contributed by atoms with E-state index in [0.29, 0.717) is 11.1 Å². The molecule has 0 radical (unpaired) electrons. The van der Waals surface area contributed by atoms with E-state index >= 15 is 0 Å². The highest BCUT2D eigenvalue weighted by atomic mass is 32.2. The fourth-order valence-corrected chi connectivity index (χ4v) is 4.60. The van der Waals surface area contributed by atoms with Gasteiger partial charge in [-0.15, -0.1) is 11.3 Å². The Hall–Kier alpha value is -0.880. The second kappa shape index (κ2) is 5.25. The van der Waals surface area contributed by atoms with Crippen LogP contribution in [0.15, 0.2) is 10.4 Å². The number of Topliss-reactive ketones (excluding diaryl/α,β-unsaturated/α-hetero) is 1. The molecule has 4 nitrogen and oxygen atoms in total. The van der Waals surface area contributed by atoms with Gasteiger partial charge in [-0.25, -0.2) is 4.98 Å². The van der Waals surface area contributed by atoms with Crippen LogP contribution in [0.25, 0.3) is 0 Å². The van der Waals surface area contributed by atoms with Crippen LogP contribution in [0.1, 0.15) is 43.1 Å². The Labute approximate surface area is 121 Å². The van der Waals surface area contributed by atoms with Gasteiger partial charge in [-0.2, -0.15) is 0 Å². The number of hydrogen-bond donors (Lipinski definition) is 1. The van der Waals surface area contributed by atoms with Gasteiger partial charge in [0.15, 0.2) is 16.1 Å². The quantitative estimate of drug-likeness (QED) is 0.849. The summed E-state index contributed by atoms with van der Waals surface area (Å²) in [4.78, 5) is 20.1. The van der Waals surface area contributed by atoms with E-state index in [0.717, 1.165) is 22.6 Å². The summed E-state index contributed by atoms with van der Waals surface area (Å²) >= 11 is 3.25. The third-order valence-electron chi connectivity index (χ3n) is 3.82. The summed E-state index contributed by atoms with van der Waals surface area (Å²) in [6, 6.07) is 0. The Morgan fingerprint density at radius 2 is 2.21 bits per heavy atom. The number of anilines is 1. The Bertz CT molecular complexity index is 518. The molecule has 1 aromatic heterocycles. The van der Waals surface area contributed by atoms with Gasteiger partial charge < -0.3 is 5.32 Å². The molecule has 1 aliphatic heterocycles. The van der Waals surface area contributed by atoms with E-state index < -0.39 is 0 Å². The number of rotatable bonds is 2. The number of nitrogens with zero attached hydrogens (tertiary/aromatic N) is 2. The zero-order valence-electron chi connectivity index (χ0n) is 10.9. The van der Waals surface area contributed by atoms with E-state index in [4.69, 9.17) is 0 Å². The molecule has 1 N–H and O–H groups in total. The van der Waals surface area contributed by atoms with E-state index in [1.54, 1.807) is 17.1 Å². The van der Waals surface area contributed by atoms with E-state index in [1.807, 2.05) is 0 Å². The Kier molecular flexibility index (Phi) is 3.62. The molecule has 6 heteroatoms. The molecule has 1 aliphatic carbocycles. The number of nitrogens with one attached hydrogen (secondary N) is 1. The molecule has 0 saturated heterocycles. The normalized spacial score (nSPS) is 21.4. The van der Waals surface area contributed by atoms with Crippen molar-refractivity contribution in [1.82, 2.24) is 4.98 Å². The Morgan fingerprint density at radius 3 is 2.79 bits per heavy atom. The summed E-state index contributed by atoms with van der Waals surface area (Å²) in [5.74, 6) is 1.16. The molecule has 1 saturated carbocycles. The van der Waals surface area contributed by atoms with Gasteiger partial charge in [0.1, 0.15) is 5.69 Å². The number of carbonyl (C=O) groups excluding carboxylic acids is 1. The minimum absolute atomic E-state index is 0.00689. The molecule has 3 rings (SSSR count). The van der Waals surface area contributed by atoms with Crippen molar-refractivity contribution in [3.05, 3.63) is 11.1 Å². The maximum atomic E-state index is 11.2. The van der Waals surface area contributed by atoms with Crippen LogP contribution in [-0.2, 0) is 0 Å². The first-order chi connectivity index (χ1) is 9.17. The van der Waals surface area contributed by atoms with E-state index in [9.17, 15) is 4.79 Å². The van der Waals surface area contributed by atoms with Crippen LogP contribution in [0.5, 0.6) is 0 Å². The van der Waals surface area contributed by atoms with E-state index in [1.165, 1.54) is 43.9 Å². The van der Waals surface area contributed by atoms with Gasteiger partial charge in [-0.3, -0.25) is 9.79 Å². The summed E-state index contributed by atoms with van der Waals surface area (Å²) in [5, 5.41) is 6.73. The molecule has 0 unspecified atom stereocenters. The summed E-state index contributed by atoms with van der Waals surface area (Å²) in [6.45, 7) is 2.48. The van der Waals surface area contributed by atoms with Crippen molar-refractivity contribution in [2.45, 2.75) is 32.6 Å². The zero-order valence-corrected chi connectivity index (χ0v) is 12.6. The molecule has 1 fully saturated rings. The first-order valence-electron chi connectivity index (χ1n) is 6.58. The lowest BCUT2D eigenvalue weighted by Gasteiger charge is -2.30. The Morgan fingerprint density at radius 1 is 1.42 bits per heavy atom. The molecule has 19 heavy (non-hydrogen) atoms. The van der Waals surface area contributed by atoms with Gasteiger partial charge in [0.2, 0.25) is 0 Å². The number of carbonyl (C=O) groups is 1. The van der Waals surface area contributed by atoms with Crippen LogP contribution in [0.3, 0.4) is 0 Å². The molecular weight excluding hydrogens is 278 g/mol. The van der Waals surface area contributed by atoms with Gasteiger partial charge in [-0.05, 0) is 18.3 Å². The monoisotopic (exact) mass is 295 g/mol. The smallest absolute Gasteiger partial charge is 0.189 e. The number of amidine groups is 1. The van der Waals surface area contributed by atoms with Gasteiger partial charge in [0.25, 0.3) is 0 Å². The SMILES string of the molecule is CC(=O)c1csc(NC2=NCC3(CCCC3)CS2)n1. The number of thiazole rings is 1. The molecule has 2 heterocycles. The average Bonchev–Trinajstić information content (AvgIpc) is 3.02. The summed E-state index contributed by atoms with van der Waals surface area (Å²) in [5.41, 5.74) is 0.990. The van der Waals surface area contributed by atoms with Crippen LogP contribution in [0, 0.1) is 5.41 Å². The average molecular weight is 295 g/mol.